The van der Waals surface area contributed by atoms with Crippen molar-refractivity contribution in [2.75, 3.05) is 0 Å². The first-order valence-electron chi connectivity index (χ1n) is 9.30. The molecule has 0 spiro atoms. The summed E-state index contributed by atoms with van der Waals surface area (Å²) in [6.07, 6.45) is 2.80. The number of nitriles is 1. The Kier molecular flexibility index (Phi) is 6.65. The molecule has 0 aliphatic heterocycles. The number of aromatic nitrogens is 2. The molecule has 1 amide bonds. The van der Waals surface area contributed by atoms with Gasteiger partial charge >= 0.3 is 0 Å². The lowest BCUT2D eigenvalue weighted by atomic mass is 10.1. The largest absolute Gasteiger partial charge is 0.333 e. The number of nitrogens with one attached hydrogen (secondary N) is 1. The number of nitrogens with zero attached hydrogens (tertiary/aromatic N) is 3. The predicted octanol–water partition coefficient (Wildman–Crippen LogP) is 4.74. The number of hydrogen-bond donors (Lipinski definition) is 1. The highest BCUT2D eigenvalue weighted by atomic mass is 35.5. The molecule has 0 saturated heterocycles. The van der Waals surface area contributed by atoms with Crippen LogP contribution in [0.25, 0.3) is 6.08 Å². The van der Waals surface area contributed by atoms with Gasteiger partial charge in [0.15, 0.2) is 0 Å². The molecule has 0 aliphatic carbocycles. The van der Waals surface area contributed by atoms with Crippen LogP contribution in [0.2, 0.25) is 5.15 Å². The van der Waals surface area contributed by atoms with Gasteiger partial charge in [-0.25, -0.2) is 9.07 Å². The van der Waals surface area contributed by atoms with Crippen LogP contribution in [0, 0.1) is 31.0 Å². The van der Waals surface area contributed by atoms with Gasteiger partial charge in [-0.2, -0.15) is 10.4 Å². The molecule has 0 radical (unpaired) electrons. The molecule has 1 heterocycles. The number of carbonyl (C=O) groups is 1. The van der Waals surface area contributed by atoms with Crippen LogP contribution in [0.3, 0.4) is 0 Å². The third-order valence-corrected chi connectivity index (χ3v) is 4.99. The minimum absolute atomic E-state index is 0.113. The summed E-state index contributed by atoms with van der Waals surface area (Å²) in [5.74, 6) is -1.09. The zero-order valence-electron chi connectivity index (χ0n) is 16.6. The Morgan fingerprint density at radius 1 is 1.27 bits per heavy atom. The highest BCUT2D eigenvalue weighted by molar-refractivity contribution is 6.31. The number of rotatable bonds is 6. The highest BCUT2D eigenvalue weighted by Gasteiger charge is 2.17. The molecule has 2 aromatic carbocycles. The molecular weight excluding hydrogens is 403 g/mol. The van der Waals surface area contributed by atoms with Crippen molar-refractivity contribution in [3.8, 4) is 6.07 Å². The second kappa shape index (κ2) is 9.38. The maximum absolute atomic E-state index is 13.9. The molecule has 0 fully saturated rings. The van der Waals surface area contributed by atoms with Crippen LogP contribution in [0.4, 0.5) is 4.39 Å². The number of benzene rings is 2. The van der Waals surface area contributed by atoms with Gasteiger partial charge in [0.05, 0.1) is 18.3 Å². The predicted molar refractivity (Wildman–Crippen MR) is 114 cm³/mol. The maximum atomic E-state index is 13.9. The van der Waals surface area contributed by atoms with Gasteiger partial charge in [0.2, 0.25) is 5.91 Å². The van der Waals surface area contributed by atoms with Crippen LogP contribution in [-0.2, 0) is 11.3 Å². The van der Waals surface area contributed by atoms with Crippen molar-refractivity contribution < 1.29 is 9.18 Å². The van der Waals surface area contributed by atoms with E-state index >= 15 is 0 Å². The van der Waals surface area contributed by atoms with Crippen LogP contribution in [0.5, 0.6) is 0 Å². The molecular formula is C23H20ClFN4O. The van der Waals surface area contributed by atoms with Gasteiger partial charge in [-0.3, -0.25) is 4.79 Å². The van der Waals surface area contributed by atoms with E-state index in [4.69, 9.17) is 11.6 Å². The van der Waals surface area contributed by atoms with E-state index in [1.165, 1.54) is 29.8 Å². The van der Waals surface area contributed by atoms with Crippen LogP contribution in [-0.4, -0.2) is 15.7 Å². The zero-order valence-corrected chi connectivity index (χ0v) is 17.3. The third-order valence-electron chi connectivity index (χ3n) is 4.60. The first kappa shape index (κ1) is 21.3. The normalized spacial score (nSPS) is 12.0. The lowest BCUT2D eigenvalue weighted by Crippen LogP contribution is -2.26. The van der Waals surface area contributed by atoms with Crippen LogP contribution in [0.1, 0.15) is 34.0 Å². The molecule has 7 heteroatoms. The molecule has 0 saturated carbocycles. The second-order valence-corrected chi connectivity index (χ2v) is 7.22. The van der Waals surface area contributed by atoms with E-state index < -0.39 is 17.8 Å². The monoisotopic (exact) mass is 422 g/mol. The molecule has 0 aliphatic rings. The lowest BCUT2D eigenvalue weighted by molar-refractivity contribution is -0.116. The van der Waals surface area contributed by atoms with E-state index in [2.05, 4.69) is 10.4 Å². The Morgan fingerprint density at radius 2 is 1.97 bits per heavy atom. The van der Waals surface area contributed by atoms with E-state index in [0.717, 1.165) is 5.56 Å². The molecule has 30 heavy (non-hydrogen) atoms. The summed E-state index contributed by atoms with van der Waals surface area (Å²) in [6.45, 7) is 4.32. The quantitative estimate of drug-likeness (QED) is 0.583. The van der Waals surface area contributed by atoms with Crippen molar-refractivity contribution in [3.05, 3.63) is 93.5 Å². The van der Waals surface area contributed by atoms with Gasteiger partial charge < -0.3 is 5.32 Å². The molecule has 3 rings (SSSR count). The summed E-state index contributed by atoms with van der Waals surface area (Å²) in [5, 5.41) is 16.6. The third kappa shape index (κ3) is 4.94. The zero-order chi connectivity index (χ0) is 21.7. The Morgan fingerprint density at radius 3 is 2.63 bits per heavy atom. The highest BCUT2D eigenvalue weighted by Crippen LogP contribution is 2.23. The van der Waals surface area contributed by atoms with E-state index in [0.29, 0.717) is 23.0 Å². The van der Waals surface area contributed by atoms with E-state index in [1.54, 1.807) is 23.7 Å². The fourth-order valence-electron chi connectivity index (χ4n) is 2.97. The number of hydrogen-bond acceptors (Lipinski definition) is 3. The van der Waals surface area contributed by atoms with Gasteiger partial charge in [-0.05, 0) is 31.6 Å². The van der Waals surface area contributed by atoms with Crippen LogP contribution >= 0.6 is 11.6 Å². The van der Waals surface area contributed by atoms with Gasteiger partial charge in [-0.1, -0.05) is 59.6 Å². The van der Waals surface area contributed by atoms with Crippen molar-refractivity contribution in [2.24, 2.45) is 0 Å². The smallest absolute Gasteiger partial charge is 0.245 e. The summed E-state index contributed by atoms with van der Waals surface area (Å²) in [5.41, 5.74) is 3.62. The second-order valence-electron chi connectivity index (χ2n) is 6.86. The standard InChI is InChI=1S/C23H20ClFN4O/c1-15-7-9-17(10-8-15)14-29-23(24)18(16(2)28-29)11-12-22(30)27-21(13-26)19-5-3-4-6-20(19)25/h3-12,21H,14H2,1-2H3,(H,27,30)/b12-11+. The SMILES string of the molecule is Cc1ccc(Cn2nc(C)c(/C=C/C(=O)NC(C#N)c3ccccc3F)c2Cl)cc1. The molecule has 1 aromatic heterocycles. The minimum atomic E-state index is -1.09. The minimum Gasteiger partial charge on any atom is -0.333 e. The van der Waals surface area contributed by atoms with Gasteiger partial charge in [0.25, 0.3) is 0 Å². The topological polar surface area (TPSA) is 70.7 Å². The Labute approximate surface area is 179 Å². The van der Waals surface area contributed by atoms with E-state index in [1.807, 2.05) is 37.3 Å². The van der Waals surface area contributed by atoms with Gasteiger partial charge in [0.1, 0.15) is 17.0 Å². The summed E-state index contributed by atoms with van der Waals surface area (Å²) in [6, 6.07) is 14.7. The molecule has 3 aromatic rings. The Bertz CT molecular complexity index is 1130. The fraction of sp³-hybridized carbons (Fsp3) is 0.174. The number of carbonyl (C=O) groups excluding carboxylic acids is 1. The fourth-order valence-corrected chi connectivity index (χ4v) is 3.26. The first-order valence-corrected chi connectivity index (χ1v) is 9.68. The van der Waals surface area contributed by atoms with Crippen molar-refractivity contribution in [1.82, 2.24) is 15.1 Å². The molecule has 1 unspecified atom stereocenters. The van der Waals surface area contributed by atoms with Crippen LogP contribution < -0.4 is 5.32 Å². The first-order chi connectivity index (χ1) is 14.4. The van der Waals surface area contributed by atoms with Crippen molar-refractivity contribution >= 4 is 23.6 Å². The molecule has 5 nitrogen and oxygen atoms in total. The number of amides is 1. The number of aryl methyl sites for hydroxylation is 2. The lowest BCUT2D eigenvalue weighted by Gasteiger charge is -2.11. The summed E-state index contributed by atoms with van der Waals surface area (Å²) < 4.78 is 15.6. The van der Waals surface area contributed by atoms with Gasteiger partial charge in [0, 0.05) is 17.2 Å². The molecule has 1 atom stereocenters. The van der Waals surface area contributed by atoms with E-state index in [9.17, 15) is 14.4 Å². The maximum Gasteiger partial charge on any atom is 0.245 e. The molecule has 1 N–H and O–H groups in total. The summed E-state index contributed by atoms with van der Waals surface area (Å²) in [4.78, 5) is 12.3. The van der Waals surface area contributed by atoms with Crippen molar-refractivity contribution in [3.63, 3.8) is 0 Å². The Hall–Kier alpha value is -3.43. The van der Waals surface area contributed by atoms with E-state index in [-0.39, 0.29) is 5.56 Å². The average molecular weight is 423 g/mol. The van der Waals surface area contributed by atoms with Crippen molar-refractivity contribution in [2.45, 2.75) is 26.4 Å². The molecule has 152 valence electrons. The van der Waals surface area contributed by atoms with Gasteiger partial charge in [-0.15, -0.1) is 0 Å². The molecule has 0 bridgehead atoms. The average Bonchev–Trinajstić information content (AvgIpc) is 2.99. The van der Waals surface area contributed by atoms with Crippen molar-refractivity contribution in [1.29, 1.82) is 5.26 Å². The summed E-state index contributed by atoms with van der Waals surface area (Å²) in [7, 11) is 0. The Balaban J connectivity index is 1.73. The van der Waals surface area contributed by atoms with Crippen LogP contribution in [0.15, 0.2) is 54.6 Å². The number of halogens is 2. The summed E-state index contributed by atoms with van der Waals surface area (Å²) >= 11 is 6.46.